The zero-order chi connectivity index (χ0) is 23.8. The quantitative estimate of drug-likeness (QED) is 0.522. The van der Waals surface area contributed by atoms with Crippen LogP contribution >= 0.6 is 0 Å². The predicted octanol–water partition coefficient (Wildman–Crippen LogP) is 4.46. The van der Waals surface area contributed by atoms with Gasteiger partial charge in [0.1, 0.15) is 5.82 Å². The number of anilines is 1. The molecule has 0 N–H and O–H groups in total. The Balaban J connectivity index is 1.15. The van der Waals surface area contributed by atoms with Gasteiger partial charge >= 0.3 is 6.03 Å². The molecule has 1 saturated heterocycles. The Kier molecular flexibility index (Phi) is 6.08. The van der Waals surface area contributed by atoms with E-state index in [0.717, 1.165) is 61.2 Å². The number of ketones is 1. The van der Waals surface area contributed by atoms with Crippen molar-refractivity contribution in [2.45, 2.75) is 31.6 Å². The molecule has 2 aromatic carbocycles. The van der Waals surface area contributed by atoms with Gasteiger partial charge in [-0.2, -0.15) is 0 Å². The van der Waals surface area contributed by atoms with Crippen molar-refractivity contribution in [3.8, 4) is 0 Å². The van der Waals surface area contributed by atoms with Gasteiger partial charge in [0.2, 0.25) is 0 Å². The first-order valence-electron chi connectivity index (χ1n) is 11.8. The molecule has 2 aliphatic rings. The number of hydrogen-bond donors (Lipinski definition) is 0. The zero-order valence-electron chi connectivity index (χ0n) is 19.6. The summed E-state index contributed by atoms with van der Waals surface area (Å²) in [6.45, 7) is 3.14. The lowest BCUT2D eigenvalue weighted by molar-refractivity contribution is 0.0956. The average Bonchev–Trinajstić information content (AvgIpc) is 3.45. The van der Waals surface area contributed by atoms with E-state index in [0.29, 0.717) is 24.1 Å². The third-order valence-corrected chi connectivity index (χ3v) is 7.00. The van der Waals surface area contributed by atoms with Crippen molar-refractivity contribution in [2.75, 3.05) is 45.2 Å². The maximum Gasteiger partial charge on any atom is 0.323 e. The number of halogens is 1. The molecule has 0 radical (unpaired) electrons. The monoisotopic (exact) mass is 464 g/mol. The molecule has 3 aromatic rings. The number of fused-ring (bicyclic) bond motifs is 2. The van der Waals surface area contributed by atoms with Gasteiger partial charge in [0, 0.05) is 62.2 Å². The van der Waals surface area contributed by atoms with E-state index in [1.54, 1.807) is 30.0 Å². The molecule has 7 nitrogen and oxygen atoms in total. The Hall–Kier alpha value is -3.26. The first kappa shape index (κ1) is 22.5. The van der Waals surface area contributed by atoms with Crippen molar-refractivity contribution in [1.82, 2.24) is 15.0 Å². The first-order valence-corrected chi connectivity index (χ1v) is 11.8. The minimum atomic E-state index is -0.322. The van der Waals surface area contributed by atoms with E-state index >= 15 is 0 Å². The van der Waals surface area contributed by atoms with E-state index in [4.69, 9.17) is 4.52 Å². The fourth-order valence-corrected chi connectivity index (χ4v) is 5.07. The van der Waals surface area contributed by atoms with Crippen LogP contribution in [0.2, 0.25) is 0 Å². The van der Waals surface area contributed by atoms with Gasteiger partial charge < -0.3 is 14.3 Å². The number of amides is 2. The van der Waals surface area contributed by atoms with E-state index in [2.05, 4.69) is 10.1 Å². The van der Waals surface area contributed by atoms with E-state index in [9.17, 15) is 14.0 Å². The van der Waals surface area contributed by atoms with E-state index in [1.807, 2.05) is 18.2 Å². The number of hydrogen-bond acceptors (Lipinski definition) is 5. The van der Waals surface area contributed by atoms with Crippen LogP contribution in [-0.4, -0.2) is 67.0 Å². The molecule has 8 heteroatoms. The highest BCUT2D eigenvalue weighted by Crippen LogP contribution is 2.33. The molecule has 34 heavy (non-hydrogen) atoms. The van der Waals surface area contributed by atoms with Crippen LogP contribution in [0.4, 0.5) is 14.9 Å². The smallest absolute Gasteiger partial charge is 0.323 e. The number of nitrogens with zero attached hydrogens (tertiary/aromatic N) is 4. The predicted molar refractivity (Wildman–Crippen MR) is 128 cm³/mol. The van der Waals surface area contributed by atoms with Crippen molar-refractivity contribution in [3.05, 3.63) is 59.0 Å². The third kappa shape index (κ3) is 4.30. The van der Waals surface area contributed by atoms with E-state index in [1.165, 1.54) is 12.1 Å². The number of benzene rings is 2. The van der Waals surface area contributed by atoms with Crippen molar-refractivity contribution < 1.29 is 18.5 Å². The zero-order valence-corrected chi connectivity index (χ0v) is 19.6. The van der Waals surface area contributed by atoms with Crippen LogP contribution in [0.25, 0.3) is 11.0 Å². The molecule has 0 bridgehead atoms. The molecule has 0 saturated carbocycles. The Morgan fingerprint density at radius 2 is 1.91 bits per heavy atom. The molecule has 0 spiro atoms. The molecule has 0 aliphatic carbocycles. The molecule has 5 rings (SSSR count). The summed E-state index contributed by atoms with van der Waals surface area (Å²) in [5.74, 6) is 0.0902. The highest BCUT2D eigenvalue weighted by Gasteiger charge is 2.28. The third-order valence-electron chi connectivity index (χ3n) is 7.00. The number of piperidine rings is 1. The summed E-state index contributed by atoms with van der Waals surface area (Å²) >= 11 is 0. The summed E-state index contributed by atoms with van der Waals surface area (Å²) in [7, 11) is 3.49. The van der Waals surface area contributed by atoms with Crippen molar-refractivity contribution in [2.24, 2.45) is 0 Å². The maximum atomic E-state index is 13.4. The summed E-state index contributed by atoms with van der Waals surface area (Å²) < 4.78 is 18.7. The standard InChI is InChI=1S/C26H29FN4O3/c1-29(2)26(33)31-14-9-18-15-19(3-6-22(18)31)23(32)10-13-30-11-7-17(8-12-30)25-21-5-4-20(27)16-24(21)34-28-25/h3-6,15-17H,7-14H2,1-2H3. The van der Waals surface area contributed by atoms with Crippen LogP contribution in [0.5, 0.6) is 0 Å². The van der Waals surface area contributed by atoms with Crippen molar-refractivity contribution in [1.29, 1.82) is 0 Å². The Bertz CT molecular complexity index is 1230. The van der Waals surface area contributed by atoms with Crippen LogP contribution in [-0.2, 0) is 6.42 Å². The minimum Gasteiger partial charge on any atom is -0.356 e. The molecule has 178 valence electrons. The van der Waals surface area contributed by atoms with Crippen molar-refractivity contribution in [3.63, 3.8) is 0 Å². The summed E-state index contributed by atoms with van der Waals surface area (Å²) in [5, 5.41) is 5.10. The lowest BCUT2D eigenvalue weighted by atomic mass is 9.91. The SMILES string of the molecule is CN(C)C(=O)N1CCc2cc(C(=O)CCN3CCC(c4noc5cc(F)ccc45)CC3)ccc21. The number of aromatic nitrogens is 1. The molecular weight excluding hydrogens is 435 g/mol. The highest BCUT2D eigenvalue weighted by molar-refractivity contribution is 5.99. The molecule has 1 aromatic heterocycles. The fourth-order valence-electron chi connectivity index (χ4n) is 5.07. The number of carbonyl (C=O) groups is 2. The lowest BCUT2D eigenvalue weighted by Crippen LogP contribution is -2.38. The van der Waals surface area contributed by atoms with Crippen LogP contribution in [0.3, 0.4) is 0 Å². The number of carbonyl (C=O) groups excluding carboxylic acids is 2. The minimum absolute atomic E-state index is 0.0352. The van der Waals surface area contributed by atoms with Crippen LogP contribution in [0, 0.1) is 5.82 Å². The summed E-state index contributed by atoms with van der Waals surface area (Å²) in [4.78, 5) is 30.9. The van der Waals surface area contributed by atoms with Gasteiger partial charge in [0.25, 0.3) is 0 Å². The first-order chi connectivity index (χ1) is 16.4. The van der Waals surface area contributed by atoms with E-state index in [-0.39, 0.29) is 23.5 Å². The fraction of sp³-hybridized carbons (Fsp3) is 0.423. The van der Waals surface area contributed by atoms with E-state index < -0.39 is 0 Å². The second-order valence-corrected chi connectivity index (χ2v) is 9.42. The van der Waals surface area contributed by atoms with Gasteiger partial charge in [0.05, 0.1) is 5.69 Å². The second kappa shape index (κ2) is 9.18. The number of rotatable bonds is 5. The molecule has 0 atom stereocenters. The maximum absolute atomic E-state index is 13.4. The molecular formula is C26H29FN4O3. The Morgan fingerprint density at radius 3 is 2.68 bits per heavy atom. The Morgan fingerprint density at radius 1 is 1.12 bits per heavy atom. The molecule has 1 fully saturated rings. The lowest BCUT2D eigenvalue weighted by Gasteiger charge is -2.31. The topological polar surface area (TPSA) is 69.9 Å². The van der Waals surface area contributed by atoms with Crippen LogP contribution in [0.1, 0.15) is 46.8 Å². The number of Topliss-reactive ketones (excluding diaryl/α,β-unsaturated/α-hetero) is 1. The van der Waals surface area contributed by atoms with Crippen LogP contribution in [0.15, 0.2) is 40.9 Å². The summed E-state index contributed by atoms with van der Waals surface area (Å²) in [6.07, 6.45) is 3.10. The van der Waals surface area contributed by atoms with Gasteiger partial charge in [-0.25, -0.2) is 9.18 Å². The van der Waals surface area contributed by atoms with Gasteiger partial charge in [-0.15, -0.1) is 0 Å². The van der Waals surface area contributed by atoms with Gasteiger partial charge in [-0.3, -0.25) is 9.69 Å². The molecule has 3 heterocycles. The van der Waals surface area contributed by atoms with Crippen LogP contribution < -0.4 is 4.90 Å². The van der Waals surface area contributed by atoms with Gasteiger partial charge in [0.15, 0.2) is 11.4 Å². The molecule has 2 aliphatic heterocycles. The number of likely N-dealkylation sites (tertiary alicyclic amines) is 1. The molecule has 2 amide bonds. The number of urea groups is 1. The molecule has 0 unspecified atom stereocenters. The second-order valence-electron chi connectivity index (χ2n) is 9.42. The highest BCUT2D eigenvalue weighted by atomic mass is 19.1. The Labute approximate surface area is 198 Å². The van der Waals surface area contributed by atoms with Gasteiger partial charge in [-0.1, -0.05) is 5.16 Å². The largest absolute Gasteiger partial charge is 0.356 e. The average molecular weight is 465 g/mol. The summed E-state index contributed by atoms with van der Waals surface area (Å²) in [6, 6.07) is 10.2. The van der Waals surface area contributed by atoms with Gasteiger partial charge in [-0.05, 0) is 68.2 Å². The summed E-state index contributed by atoms with van der Waals surface area (Å²) in [5.41, 5.74) is 4.08. The normalized spacial score (nSPS) is 16.7. The van der Waals surface area contributed by atoms with Crippen molar-refractivity contribution >= 4 is 28.5 Å².